The lowest BCUT2D eigenvalue weighted by molar-refractivity contribution is 0.0818. The standard InChI is InChI=1S/C13H22N4O2/c1-9(2)19-13-11(14)12(15-8-16-13)17-6-4-10(18-3)5-7-17/h8-10H,4-7,14H2,1-3H3. The van der Waals surface area contributed by atoms with Crippen LogP contribution in [0.5, 0.6) is 5.88 Å². The van der Waals surface area contributed by atoms with Crippen molar-refractivity contribution < 1.29 is 9.47 Å². The molecule has 0 aliphatic carbocycles. The number of methoxy groups -OCH3 is 1. The first-order chi connectivity index (χ1) is 9.11. The van der Waals surface area contributed by atoms with Gasteiger partial charge in [0.15, 0.2) is 5.82 Å². The molecule has 2 N–H and O–H groups in total. The number of anilines is 2. The molecule has 0 saturated carbocycles. The number of ether oxygens (including phenoxy) is 2. The summed E-state index contributed by atoms with van der Waals surface area (Å²) in [6, 6.07) is 0. The minimum atomic E-state index is 0.0456. The van der Waals surface area contributed by atoms with Crippen LogP contribution in [-0.4, -0.2) is 42.4 Å². The molecule has 0 atom stereocenters. The maximum atomic E-state index is 6.11. The van der Waals surface area contributed by atoms with Gasteiger partial charge in [0.25, 0.3) is 0 Å². The fourth-order valence-electron chi connectivity index (χ4n) is 2.24. The van der Waals surface area contributed by atoms with Gasteiger partial charge in [-0.25, -0.2) is 4.98 Å². The molecule has 1 saturated heterocycles. The summed E-state index contributed by atoms with van der Waals surface area (Å²) in [5.41, 5.74) is 6.63. The molecule has 0 aromatic carbocycles. The van der Waals surface area contributed by atoms with Crippen molar-refractivity contribution in [3.05, 3.63) is 6.33 Å². The molecule has 1 aromatic heterocycles. The Bertz CT molecular complexity index is 417. The zero-order chi connectivity index (χ0) is 13.8. The smallest absolute Gasteiger partial charge is 0.242 e. The number of nitrogen functional groups attached to an aromatic ring is 1. The van der Waals surface area contributed by atoms with Gasteiger partial charge >= 0.3 is 0 Å². The van der Waals surface area contributed by atoms with Crippen LogP contribution < -0.4 is 15.4 Å². The van der Waals surface area contributed by atoms with Crippen LogP contribution in [-0.2, 0) is 4.74 Å². The number of piperidine rings is 1. The van der Waals surface area contributed by atoms with Gasteiger partial charge in [-0.15, -0.1) is 0 Å². The van der Waals surface area contributed by atoms with Gasteiger partial charge in [-0.3, -0.25) is 0 Å². The van der Waals surface area contributed by atoms with Gasteiger partial charge < -0.3 is 20.1 Å². The summed E-state index contributed by atoms with van der Waals surface area (Å²) in [6.45, 7) is 5.68. The van der Waals surface area contributed by atoms with E-state index < -0.39 is 0 Å². The molecule has 1 aromatic rings. The van der Waals surface area contributed by atoms with Crippen LogP contribution >= 0.6 is 0 Å². The average molecular weight is 266 g/mol. The molecular formula is C13H22N4O2. The highest BCUT2D eigenvalue weighted by atomic mass is 16.5. The van der Waals surface area contributed by atoms with E-state index in [1.54, 1.807) is 7.11 Å². The van der Waals surface area contributed by atoms with E-state index in [0.29, 0.717) is 17.7 Å². The van der Waals surface area contributed by atoms with Crippen LogP contribution in [0.2, 0.25) is 0 Å². The van der Waals surface area contributed by atoms with Crippen molar-refractivity contribution >= 4 is 11.5 Å². The molecule has 0 bridgehead atoms. The van der Waals surface area contributed by atoms with Crippen molar-refractivity contribution in [2.75, 3.05) is 30.8 Å². The van der Waals surface area contributed by atoms with Crippen LogP contribution in [0.4, 0.5) is 11.5 Å². The number of aromatic nitrogens is 2. The van der Waals surface area contributed by atoms with Gasteiger partial charge in [0.05, 0.1) is 12.2 Å². The molecule has 1 fully saturated rings. The first-order valence-electron chi connectivity index (χ1n) is 6.66. The molecule has 1 aliphatic heterocycles. The van der Waals surface area contributed by atoms with E-state index in [2.05, 4.69) is 14.9 Å². The highest BCUT2D eigenvalue weighted by Gasteiger charge is 2.23. The summed E-state index contributed by atoms with van der Waals surface area (Å²) < 4.78 is 11.0. The lowest BCUT2D eigenvalue weighted by atomic mass is 10.1. The van der Waals surface area contributed by atoms with Crippen LogP contribution in [0.1, 0.15) is 26.7 Å². The number of hydrogen-bond donors (Lipinski definition) is 1. The van der Waals surface area contributed by atoms with Crippen LogP contribution in [0.15, 0.2) is 6.33 Å². The zero-order valence-electron chi connectivity index (χ0n) is 11.8. The Balaban J connectivity index is 2.12. The SMILES string of the molecule is COC1CCN(c2ncnc(OC(C)C)c2N)CC1. The lowest BCUT2D eigenvalue weighted by Crippen LogP contribution is -2.37. The topological polar surface area (TPSA) is 73.5 Å². The number of nitrogens with zero attached hydrogens (tertiary/aromatic N) is 3. The van der Waals surface area contributed by atoms with E-state index in [4.69, 9.17) is 15.2 Å². The van der Waals surface area contributed by atoms with Gasteiger partial charge in [0, 0.05) is 20.2 Å². The second kappa shape index (κ2) is 6.06. The van der Waals surface area contributed by atoms with E-state index in [-0.39, 0.29) is 6.10 Å². The lowest BCUT2D eigenvalue weighted by Gasteiger charge is -2.32. The summed E-state index contributed by atoms with van der Waals surface area (Å²) in [4.78, 5) is 10.6. The Labute approximate surface area is 113 Å². The predicted octanol–water partition coefficient (Wildman–Crippen LogP) is 1.46. The molecule has 2 rings (SSSR count). The summed E-state index contributed by atoms with van der Waals surface area (Å²) >= 11 is 0. The van der Waals surface area contributed by atoms with Crippen molar-refractivity contribution in [1.82, 2.24) is 9.97 Å². The Kier molecular flexibility index (Phi) is 4.42. The monoisotopic (exact) mass is 266 g/mol. The highest BCUT2D eigenvalue weighted by molar-refractivity contribution is 5.67. The van der Waals surface area contributed by atoms with E-state index in [9.17, 15) is 0 Å². The average Bonchev–Trinajstić information content (AvgIpc) is 2.41. The Morgan fingerprint density at radius 2 is 2.00 bits per heavy atom. The summed E-state index contributed by atoms with van der Waals surface area (Å²) in [7, 11) is 1.76. The number of rotatable bonds is 4. The van der Waals surface area contributed by atoms with Crippen molar-refractivity contribution in [3.63, 3.8) is 0 Å². The van der Waals surface area contributed by atoms with Gasteiger partial charge in [-0.1, -0.05) is 0 Å². The summed E-state index contributed by atoms with van der Waals surface area (Å²) in [5.74, 6) is 1.23. The molecule has 6 nitrogen and oxygen atoms in total. The van der Waals surface area contributed by atoms with E-state index in [1.807, 2.05) is 13.8 Å². The maximum Gasteiger partial charge on any atom is 0.242 e. The van der Waals surface area contributed by atoms with Crippen molar-refractivity contribution in [2.24, 2.45) is 0 Å². The van der Waals surface area contributed by atoms with Crippen LogP contribution in [0.25, 0.3) is 0 Å². The maximum absolute atomic E-state index is 6.11. The van der Waals surface area contributed by atoms with Gasteiger partial charge in [-0.2, -0.15) is 4.98 Å². The van der Waals surface area contributed by atoms with Gasteiger partial charge in [0.1, 0.15) is 12.0 Å². The second-order valence-corrected chi connectivity index (χ2v) is 5.00. The number of nitrogens with two attached hydrogens (primary N) is 1. The fraction of sp³-hybridized carbons (Fsp3) is 0.692. The minimum absolute atomic E-state index is 0.0456. The molecule has 0 amide bonds. The normalized spacial score (nSPS) is 16.9. The third kappa shape index (κ3) is 3.26. The Hall–Kier alpha value is -1.56. The highest BCUT2D eigenvalue weighted by Crippen LogP contribution is 2.30. The molecule has 1 aliphatic rings. The first kappa shape index (κ1) is 13.9. The predicted molar refractivity (Wildman–Crippen MR) is 74.5 cm³/mol. The molecule has 0 radical (unpaired) electrons. The Morgan fingerprint density at radius 3 is 2.58 bits per heavy atom. The molecule has 6 heteroatoms. The zero-order valence-corrected chi connectivity index (χ0v) is 11.8. The Morgan fingerprint density at radius 1 is 1.32 bits per heavy atom. The molecule has 19 heavy (non-hydrogen) atoms. The van der Waals surface area contributed by atoms with Crippen molar-refractivity contribution in [3.8, 4) is 5.88 Å². The largest absolute Gasteiger partial charge is 0.473 e. The third-order valence-electron chi connectivity index (χ3n) is 3.25. The molecule has 0 unspecified atom stereocenters. The van der Waals surface area contributed by atoms with Crippen molar-refractivity contribution in [2.45, 2.75) is 38.9 Å². The third-order valence-corrected chi connectivity index (χ3v) is 3.25. The van der Waals surface area contributed by atoms with Gasteiger partial charge in [-0.05, 0) is 26.7 Å². The molecule has 0 spiro atoms. The van der Waals surface area contributed by atoms with Gasteiger partial charge in [0.2, 0.25) is 5.88 Å². The van der Waals surface area contributed by atoms with E-state index in [1.165, 1.54) is 6.33 Å². The minimum Gasteiger partial charge on any atom is -0.473 e. The van der Waals surface area contributed by atoms with Crippen molar-refractivity contribution in [1.29, 1.82) is 0 Å². The first-order valence-corrected chi connectivity index (χ1v) is 6.66. The van der Waals surface area contributed by atoms with E-state index >= 15 is 0 Å². The summed E-state index contributed by atoms with van der Waals surface area (Å²) in [6.07, 6.45) is 3.86. The second-order valence-electron chi connectivity index (χ2n) is 5.00. The summed E-state index contributed by atoms with van der Waals surface area (Å²) in [5, 5.41) is 0. The quantitative estimate of drug-likeness (QED) is 0.889. The van der Waals surface area contributed by atoms with Crippen LogP contribution in [0, 0.1) is 0 Å². The molecular weight excluding hydrogens is 244 g/mol. The fourth-order valence-corrected chi connectivity index (χ4v) is 2.24. The molecule has 106 valence electrons. The van der Waals surface area contributed by atoms with Crippen LogP contribution in [0.3, 0.4) is 0 Å². The number of hydrogen-bond acceptors (Lipinski definition) is 6. The van der Waals surface area contributed by atoms with E-state index in [0.717, 1.165) is 31.7 Å². The molecule has 2 heterocycles.